The van der Waals surface area contributed by atoms with E-state index in [4.69, 9.17) is 4.74 Å². The number of nitrogens with zero attached hydrogens (tertiary/aromatic N) is 2. The van der Waals surface area contributed by atoms with Crippen LogP contribution in [0.2, 0.25) is 0 Å². The van der Waals surface area contributed by atoms with Crippen molar-refractivity contribution in [1.29, 1.82) is 0 Å². The lowest BCUT2D eigenvalue weighted by Gasteiger charge is -2.47. The predicted molar refractivity (Wildman–Crippen MR) is 117 cm³/mol. The van der Waals surface area contributed by atoms with Gasteiger partial charge in [-0.15, -0.1) is 0 Å². The highest BCUT2D eigenvalue weighted by Gasteiger charge is 2.45. The Hall–Kier alpha value is -2.04. The molecule has 0 bridgehead atoms. The van der Waals surface area contributed by atoms with Gasteiger partial charge in [0.05, 0.1) is 0 Å². The van der Waals surface area contributed by atoms with Crippen molar-refractivity contribution in [2.24, 2.45) is 5.92 Å². The van der Waals surface area contributed by atoms with E-state index in [0.29, 0.717) is 12.3 Å². The molecule has 3 aliphatic rings. The highest BCUT2D eigenvalue weighted by molar-refractivity contribution is 5.79. The van der Waals surface area contributed by atoms with Gasteiger partial charge in [-0.25, -0.2) is 0 Å². The number of likely N-dealkylation sites (tertiary alicyclic amines) is 2. The molecule has 0 unspecified atom stereocenters. The molecular formula is C25H36N2O3. The zero-order valence-electron chi connectivity index (χ0n) is 18.6. The van der Waals surface area contributed by atoms with Crippen LogP contribution >= 0.6 is 0 Å². The van der Waals surface area contributed by atoms with E-state index in [9.17, 15) is 9.59 Å². The molecule has 2 saturated heterocycles. The summed E-state index contributed by atoms with van der Waals surface area (Å²) < 4.78 is 6.58. The zero-order valence-corrected chi connectivity index (χ0v) is 18.6. The van der Waals surface area contributed by atoms with Crippen LogP contribution in [0, 0.1) is 5.92 Å². The number of carbonyl (C=O) groups is 2. The fraction of sp³-hybridized carbons (Fsp3) is 0.680. The van der Waals surface area contributed by atoms with Gasteiger partial charge >= 0.3 is 0 Å². The molecule has 5 nitrogen and oxygen atoms in total. The van der Waals surface area contributed by atoms with Crippen LogP contribution in [0.25, 0.3) is 0 Å². The van der Waals surface area contributed by atoms with Crippen molar-refractivity contribution in [3.63, 3.8) is 0 Å². The molecule has 164 valence electrons. The molecule has 0 aliphatic carbocycles. The van der Waals surface area contributed by atoms with Crippen molar-refractivity contribution in [3.05, 3.63) is 29.8 Å². The summed E-state index contributed by atoms with van der Waals surface area (Å²) in [6.07, 6.45) is 7.20. The van der Waals surface area contributed by atoms with Gasteiger partial charge in [0.2, 0.25) is 11.8 Å². The largest absolute Gasteiger partial charge is 0.487 e. The maximum atomic E-state index is 12.9. The topological polar surface area (TPSA) is 49.9 Å². The number of hydrogen-bond donors (Lipinski definition) is 0. The van der Waals surface area contributed by atoms with E-state index in [1.807, 2.05) is 28.0 Å². The minimum atomic E-state index is -0.255. The van der Waals surface area contributed by atoms with E-state index >= 15 is 0 Å². The number of fused-ring (bicyclic) bond motifs is 1. The number of benzene rings is 1. The zero-order chi connectivity index (χ0) is 21.1. The van der Waals surface area contributed by atoms with Gasteiger partial charge in [0, 0.05) is 57.3 Å². The molecule has 1 aromatic rings. The van der Waals surface area contributed by atoms with Gasteiger partial charge in [-0.05, 0) is 43.7 Å². The minimum Gasteiger partial charge on any atom is -0.487 e. The van der Waals surface area contributed by atoms with Crippen molar-refractivity contribution in [2.45, 2.75) is 76.7 Å². The van der Waals surface area contributed by atoms with Crippen molar-refractivity contribution < 1.29 is 14.3 Å². The van der Waals surface area contributed by atoms with Crippen molar-refractivity contribution in [1.82, 2.24) is 9.80 Å². The maximum absolute atomic E-state index is 12.9. The number of amides is 2. The van der Waals surface area contributed by atoms with E-state index < -0.39 is 0 Å². The molecule has 1 spiro atoms. The van der Waals surface area contributed by atoms with Gasteiger partial charge in [0.15, 0.2) is 0 Å². The van der Waals surface area contributed by atoms with Gasteiger partial charge < -0.3 is 14.5 Å². The lowest BCUT2D eigenvalue weighted by molar-refractivity contribution is -0.140. The van der Waals surface area contributed by atoms with Crippen molar-refractivity contribution in [3.8, 4) is 5.75 Å². The summed E-state index contributed by atoms with van der Waals surface area (Å²) in [5, 5.41) is 0. The Morgan fingerprint density at radius 3 is 2.37 bits per heavy atom. The third-order valence-corrected chi connectivity index (χ3v) is 7.50. The van der Waals surface area contributed by atoms with Crippen LogP contribution in [0.1, 0.15) is 76.7 Å². The van der Waals surface area contributed by atoms with Gasteiger partial charge in [-0.1, -0.05) is 32.0 Å². The third kappa shape index (κ3) is 4.21. The number of piperidine rings is 1. The fourth-order valence-corrected chi connectivity index (χ4v) is 5.57. The highest BCUT2D eigenvalue weighted by atomic mass is 16.5. The second-order valence-electron chi connectivity index (χ2n) is 9.35. The fourth-order valence-electron chi connectivity index (χ4n) is 5.57. The minimum absolute atomic E-state index is 0.137. The van der Waals surface area contributed by atoms with E-state index in [1.54, 1.807) is 0 Å². The molecule has 1 aromatic carbocycles. The lowest BCUT2D eigenvalue weighted by atomic mass is 9.76. The summed E-state index contributed by atoms with van der Waals surface area (Å²) in [6.45, 7) is 7.51. The Bertz CT molecular complexity index is 759. The van der Waals surface area contributed by atoms with E-state index in [-0.39, 0.29) is 23.3 Å². The van der Waals surface area contributed by atoms with E-state index in [0.717, 1.165) is 76.9 Å². The molecule has 3 heterocycles. The van der Waals surface area contributed by atoms with Crippen LogP contribution < -0.4 is 4.74 Å². The molecule has 0 radical (unpaired) electrons. The second kappa shape index (κ2) is 8.99. The summed E-state index contributed by atoms with van der Waals surface area (Å²) in [5.74, 6) is 1.85. The number of hydrogen-bond acceptors (Lipinski definition) is 3. The average Bonchev–Trinajstić information content (AvgIpc) is 3.30. The van der Waals surface area contributed by atoms with Gasteiger partial charge in [-0.2, -0.15) is 0 Å². The standard InChI is InChI=1S/C25H36N2O3/c1-3-19(4-2)24(29)27-15-11-25(12-16-27)18-20(17-23(28)26-13-7-8-14-26)21-9-5-6-10-22(21)30-25/h5-6,9-10,19-20H,3-4,7-8,11-18H2,1-2H3/t20-/m1/s1. The summed E-state index contributed by atoms with van der Waals surface area (Å²) in [6, 6.07) is 8.23. The number of para-hydroxylation sites is 1. The smallest absolute Gasteiger partial charge is 0.225 e. The molecule has 4 rings (SSSR count). The molecule has 0 saturated carbocycles. The molecular weight excluding hydrogens is 376 g/mol. The summed E-state index contributed by atoms with van der Waals surface area (Å²) >= 11 is 0. The second-order valence-corrected chi connectivity index (χ2v) is 9.35. The molecule has 30 heavy (non-hydrogen) atoms. The Labute approximate surface area is 180 Å². The SMILES string of the molecule is CCC(CC)C(=O)N1CCC2(CC1)C[C@@H](CC(=O)N1CCCC1)c1ccccc1O2. The first-order chi connectivity index (χ1) is 14.5. The van der Waals surface area contributed by atoms with Crippen LogP contribution in [0.15, 0.2) is 24.3 Å². The first-order valence-corrected chi connectivity index (χ1v) is 11.9. The normalized spacial score (nSPS) is 22.8. The predicted octanol–water partition coefficient (Wildman–Crippen LogP) is 4.36. The van der Waals surface area contributed by atoms with Gasteiger partial charge in [0.25, 0.3) is 0 Å². The number of ether oxygens (including phenoxy) is 1. The van der Waals surface area contributed by atoms with Gasteiger partial charge in [-0.3, -0.25) is 9.59 Å². The Balaban J connectivity index is 1.47. The molecule has 2 fully saturated rings. The Morgan fingerprint density at radius 2 is 1.70 bits per heavy atom. The maximum Gasteiger partial charge on any atom is 0.225 e. The highest BCUT2D eigenvalue weighted by Crippen LogP contribution is 2.47. The first kappa shape index (κ1) is 21.2. The Morgan fingerprint density at radius 1 is 1.03 bits per heavy atom. The van der Waals surface area contributed by atoms with Crippen LogP contribution in [0.5, 0.6) is 5.75 Å². The number of carbonyl (C=O) groups excluding carboxylic acids is 2. The Kier molecular flexibility index (Phi) is 6.35. The van der Waals surface area contributed by atoms with Crippen LogP contribution in [0.3, 0.4) is 0 Å². The average molecular weight is 413 g/mol. The molecule has 0 N–H and O–H groups in total. The first-order valence-electron chi connectivity index (χ1n) is 11.9. The van der Waals surface area contributed by atoms with E-state index in [2.05, 4.69) is 19.9 Å². The van der Waals surface area contributed by atoms with Crippen LogP contribution in [0.4, 0.5) is 0 Å². The molecule has 3 aliphatic heterocycles. The van der Waals surface area contributed by atoms with Crippen LogP contribution in [-0.2, 0) is 9.59 Å². The monoisotopic (exact) mass is 412 g/mol. The molecule has 5 heteroatoms. The van der Waals surface area contributed by atoms with E-state index in [1.165, 1.54) is 5.56 Å². The summed E-state index contributed by atoms with van der Waals surface area (Å²) in [7, 11) is 0. The number of rotatable bonds is 5. The summed E-state index contributed by atoms with van der Waals surface area (Å²) in [5.41, 5.74) is 0.917. The lowest BCUT2D eigenvalue weighted by Crippen LogP contribution is -2.53. The van der Waals surface area contributed by atoms with Crippen molar-refractivity contribution >= 4 is 11.8 Å². The molecule has 2 amide bonds. The van der Waals surface area contributed by atoms with Crippen molar-refractivity contribution in [2.75, 3.05) is 26.2 Å². The quantitative estimate of drug-likeness (QED) is 0.722. The van der Waals surface area contributed by atoms with Crippen LogP contribution in [-0.4, -0.2) is 53.4 Å². The van der Waals surface area contributed by atoms with Gasteiger partial charge in [0.1, 0.15) is 11.4 Å². The molecule has 0 aromatic heterocycles. The summed E-state index contributed by atoms with van der Waals surface area (Å²) in [4.78, 5) is 29.8. The third-order valence-electron chi connectivity index (χ3n) is 7.50. The molecule has 1 atom stereocenters.